The van der Waals surface area contributed by atoms with Crippen LogP contribution in [0.1, 0.15) is 213 Å². The van der Waals surface area contributed by atoms with Crippen LogP contribution in [0.15, 0.2) is 12.4 Å². The minimum Gasteiger partial charge on any atom is -0.234 e. The van der Waals surface area contributed by atoms with Crippen molar-refractivity contribution < 1.29 is 4.57 Å². The van der Waals surface area contributed by atoms with E-state index in [4.69, 9.17) is 0 Å². The highest BCUT2D eigenvalue weighted by Gasteiger charge is 2.16. The predicted octanol–water partition coefficient (Wildman–Crippen LogP) is 12.7. The van der Waals surface area contributed by atoms with E-state index in [0.29, 0.717) is 0 Å². The van der Waals surface area contributed by atoms with Crippen LogP contribution in [0.2, 0.25) is 0 Å². The Kier molecular flexibility index (Phi) is 27.6. The highest BCUT2D eigenvalue weighted by molar-refractivity contribution is 4.84. The van der Waals surface area contributed by atoms with Crippen LogP contribution < -0.4 is 4.57 Å². The summed E-state index contributed by atoms with van der Waals surface area (Å²) in [5.74, 6) is 1.61. The van der Waals surface area contributed by atoms with E-state index in [-0.39, 0.29) is 0 Å². The van der Waals surface area contributed by atoms with Gasteiger partial charge in [0, 0.05) is 6.42 Å². The Morgan fingerprint density at radius 3 is 1.20 bits per heavy atom. The molecule has 1 aromatic rings. The molecule has 0 amide bonds. The topological polar surface area (TPSA) is 8.81 Å². The van der Waals surface area contributed by atoms with Gasteiger partial charge in [-0.25, -0.2) is 9.13 Å². The molecule has 0 atom stereocenters. The lowest BCUT2D eigenvalue weighted by Crippen LogP contribution is -2.37. The molecule has 40 heavy (non-hydrogen) atoms. The molecular weight excluding hydrogens is 484 g/mol. The first-order chi connectivity index (χ1) is 19.8. The van der Waals surface area contributed by atoms with Crippen LogP contribution in [0.3, 0.4) is 0 Å². The molecule has 0 radical (unpaired) electrons. The van der Waals surface area contributed by atoms with Gasteiger partial charge in [-0.2, -0.15) is 0 Å². The maximum atomic E-state index is 2.62. The van der Waals surface area contributed by atoms with Gasteiger partial charge in [0.15, 0.2) is 0 Å². The molecule has 1 aromatic heterocycles. The smallest absolute Gasteiger partial charge is 0.234 e. The van der Waals surface area contributed by atoms with Crippen molar-refractivity contribution in [1.82, 2.24) is 4.57 Å². The molecule has 0 aliphatic rings. The number of unbranched alkanes of at least 4 members (excludes halogenated alkanes) is 26. The van der Waals surface area contributed by atoms with Gasteiger partial charge < -0.3 is 0 Å². The summed E-state index contributed by atoms with van der Waals surface area (Å²) in [6, 6.07) is 0. The average molecular weight is 560 g/mol. The summed E-state index contributed by atoms with van der Waals surface area (Å²) >= 11 is 0. The van der Waals surface area contributed by atoms with E-state index in [2.05, 4.69) is 42.3 Å². The first kappa shape index (κ1) is 37.2. The quantitative estimate of drug-likeness (QED) is 0.0613. The minimum atomic E-state index is 1.22. The third-order valence-corrected chi connectivity index (χ3v) is 9.10. The fourth-order valence-electron chi connectivity index (χ4n) is 6.33. The molecule has 0 fully saturated rings. The van der Waals surface area contributed by atoms with E-state index >= 15 is 0 Å². The molecule has 236 valence electrons. The summed E-state index contributed by atoms with van der Waals surface area (Å²) in [6.45, 7) is 9.39. The third kappa shape index (κ3) is 21.9. The Morgan fingerprint density at radius 2 is 0.775 bits per heavy atom. The van der Waals surface area contributed by atoms with Crippen LogP contribution in [0.25, 0.3) is 0 Å². The van der Waals surface area contributed by atoms with Crippen molar-refractivity contribution in [1.29, 1.82) is 0 Å². The summed E-state index contributed by atoms with van der Waals surface area (Å²) in [4.78, 5) is 0. The first-order valence-electron chi connectivity index (χ1n) is 18.9. The lowest BCUT2D eigenvalue weighted by Gasteiger charge is -2.07. The molecule has 0 unspecified atom stereocenters. The maximum Gasteiger partial charge on any atom is 0.256 e. The second-order valence-electron chi connectivity index (χ2n) is 13.0. The molecule has 0 spiro atoms. The van der Waals surface area contributed by atoms with Gasteiger partial charge in [0.1, 0.15) is 12.4 Å². The Morgan fingerprint density at radius 1 is 0.425 bits per heavy atom. The molecule has 0 aromatic carbocycles. The maximum absolute atomic E-state index is 2.62. The van der Waals surface area contributed by atoms with Crippen molar-refractivity contribution >= 4 is 0 Å². The average Bonchev–Trinajstić information content (AvgIpc) is 3.35. The van der Waals surface area contributed by atoms with E-state index in [1.807, 2.05) is 0 Å². The summed E-state index contributed by atoms with van der Waals surface area (Å²) in [5, 5.41) is 0. The van der Waals surface area contributed by atoms with E-state index < -0.39 is 0 Å². The van der Waals surface area contributed by atoms with Crippen molar-refractivity contribution in [3.63, 3.8) is 0 Å². The second kappa shape index (κ2) is 29.7. The first-order valence-corrected chi connectivity index (χ1v) is 18.9. The zero-order valence-corrected chi connectivity index (χ0v) is 28.2. The number of hydrogen-bond acceptors (Lipinski definition) is 0. The largest absolute Gasteiger partial charge is 0.256 e. The molecule has 1 heterocycles. The Balaban J connectivity index is 2.16. The molecular formula is C38H75N2+. The summed E-state index contributed by atoms with van der Waals surface area (Å²) in [5.41, 5.74) is 0. The Hall–Kier alpha value is -0.790. The SMILES string of the molecule is CCCCCCCCCCCCCCCCCCCc1n(CCCCCCCCC)cc[n+]1CCCCCCC. The molecule has 0 N–H and O–H groups in total. The normalized spacial score (nSPS) is 11.6. The van der Waals surface area contributed by atoms with Gasteiger partial charge in [0.25, 0.3) is 5.82 Å². The Bertz CT molecular complexity index is 619. The zero-order valence-electron chi connectivity index (χ0n) is 28.2. The van der Waals surface area contributed by atoms with E-state index in [9.17, 15) is 0 Å². The molecule has 0 saturated carbocycles. The third-order valence-electron chi connectivity index (χ3n) is 9.10. The van der Waals surface area contributed by atoms with Gasteiger partial charge in [-0.1, -0.05) is 175 Å². The molecule has 0 aliphatic carbocycles. The minimum absolute atomic E-state index is 1.22. The molecule has 1 rings (SSSR count). The van der Waals surface area contributed by atoms with Crippen LogP contribution in [0, 0.1) is 0 Å². The molecule has 0 aliphatic heterocycles. The predicted molar refractivity (Wildman–Crippen MR) is 179 cm³/mol. The lowest BCUT2D eigenvalue weighted by atomic mass is 10.0. The number of aromatic nitrogens is 2. The molecule has 2 nitrogen and oxygen atoms in total. The molecule has 0 bridgehead atoms. The van der Waals surface area contributed by atoms with E-state index in [0.717, 1.165) is 0 Å². The van der Waals surface area contributed by atoms with Gasteiger partial charge in [0.2, 0.25) is 0 Å². The second-order valence-corrected chi connectivity index (χ2v) is 13.0. The van der Waals surface area contributed by atoms with Gasteiger partial charge in [-0.05, 0) is 32.1 Å². The molecule has 2 heteroatoms. The lowest BCUT2D eigenvalue weighted by molar-refractivity contribution is -0.704. The van der Waals surface area contributed by atoms with Crippen LogP contribution in [0.4, 0.5) is 0 Å². The van der Waals surface area contributed by atoms with Crippen LogP contribution >= 0.6 is 0 Å². The highest BCUT2D eigenvalue weighted by atomic mass is 15.1. The number of aryl methyl sites for hydroxylation is 2. The number of nitrogens with zero attached hydrogens (tertiary/aromatic N) is 2. The fraction of sp³-hybridized carbons (Fsp3) is 0.921. The van der Waals surface area contributed by atoms with Crippen LogP contribution in [-0.2, 0) is 19.5 Å². The highest BCUT2D eigenvalue weighted by Crippen LogP contribution is 2.15. The van der Waals surface area contributed by atoms with Gasteiger partial charge in [-0.3, -0.25) is 0 Å². The van der Waals surface area contributed by atoms with Gasteiger partial charge >= 0.3 is 0 Å². The summed E-state index contributed by atoms with van der Waals surface area (Å²) in [6.07, 6.45) is 47.4. The van der Waals surface area contributed by atoms with Crippen molar-refractivity contribution in [3.8, 4) is 0 Å². The summed E-state index contributed by atoms with van der Waals surface area (Å²) in [7, 11) is 0. The van der Waals surface area contributed by atoms with Gasteiger partial charge in [0.05, 0.1) is 13.1 Å². The van der Waals surface area contributed by atoms with Crippen molar-refractivity contribution in [3.05, 3.63) is 18.2 Å². The van der Waals surface area contributed by atoms with Crippen LogP contribution in [-0.4, -0.2) is 4.57 Å². The number of rotatable bonds is 32. The monoisotopic (exact) mass is 560 g/mol. The van der Waals surface area contributed by atoms with Crippen molar-refractivity contribution in [2.24, 2.45) is 0 Å². The van der Waals surface area contributed by atoms with Crippen molar-refractivity contribution in [2.75, 3.05) is 0 Å². The Labute approximate surface area is 253 Å². The standard InChI is InChI=1S/C38H75N2/c1-4-7-10-13-15-16-17-18-19-20-21-22-23-24-25-27-30-33-38-39(34-31-28-12-9-6-3)36-37-40(38)35-32-29-26-14-11-8-5-2/h36-37H,4-35H2,1-3H3/q+1. The van der Waals surface area contributed by atoms with Crippen molar-refractivity contribution in [2.45, 2.75) is 226 Å². The summed E-state index contributed by atoms with van der Waals surface area (Å²) < 4.78 is 5.23. The molecule has 0 saturated heterocycles. The van der Waals surface area contributed by atoms with Crippen LogP contribution in [0.5, 0.6) is 0 Å². The number of imidazole rings is 1. The van der Waals surface area contributed by atoms with E-state index in [1.54, 1.807) is 5.82 Å². The fourth-order valence-corrected chi connectivity index (χ4v) is 6.33. The zero-order chi connectivity index (χ0) is 28.8. The van der Waals surface area contributed by atoms with E-state index in [1.165, 1.54) is 206 Å². The number of hydrogen-bond donors (Lipinski definition) is 0. The van der Waals surface area contributed by atoms with Gasteiger partial charge in [-0.15, -0.1) is 0 Å².